The summed E-state index contributed by atoms with van der Waals surface area (Å²) in [6.45, 7) is 10.2. The van der Waals surface area contributed by atoms with Gasteiger partial charge in [-0.15, -0.1) is 0 Å². The highest BCUT2D eigenvalue weighted by atomic mass is 28.4. The Hall–Kier alpha value is -2.16. The fourth-order valence-corrected chi connectivity index (χ4v) is 8.17. The first-order valence-electron chi connectivity index (χ1n) is 11.9. The highest BCUT2D eigenvalue weighted by Gasteiger charge is 2.60. The Balaban J connectivity index is 1.73. The molecule has 1 fully saturated rings. The van der Waals surface area contributed by atoms with Gasteiger partial charge in [0.25, 0.3) is 0 Å². The first-order chi connectivity index (χ1) is 15.8. The minimum Gasteiger partial charge on any atom is -0.497 e. The molecule has 0 radical (unpaired) electrons. The molecule has 0 aliphatic carbocycles. The second-order valence-corrected chi connectivity index (χ2v) is 13.8. The number of aliphatic hydroxyl groups excluding tert-OH is 1. The molecular formula is C25H37NO6Si. The van der Waals surface area contributed by atoms with Crippen molar-refractivity contribution in [1.29, 1.82) is 0 Å². The maximum Gasteiger partial charge on any atom is 0.355 e. The number of fused-ring (bicyclic) bond motifs is 1. The summed E-state index contributed by atoms with van der Waals surface area (Å²) in [6.07, 6.45) is -0.220. The van der Waals surface area contributed by atoms with E-state index in [2.05, 4.69) is 20.8 Å². The standard InChI is InChI=1S/C25H37NO6Si/c1-7-33(8-2,9-3)32-17(5)21-22-16(4)20(14-27)23(26(22)24(21)28)25(29)31-15-18-10-12-19(30-6)13-11-18/h10-13,16-17,21-22,27H,7-9,14-15H2,1-6H3/t16-,17?,21+,22+/m0/s1. The van der Waals surface area contributed by atoms with Crippen molar-refractivity contribution in [3.8, 4) is 5.75 Å². The zero-order valence-electron chi connectivity index (χ0n) is 20.6. The van der Waals surface area contributed by atoms with Crippen LogP contribution in [0.25, 0.3) is 0 Å². The number of β-lactam (4-membered cyclic amide) rings is 1. The molecular weight excluding hydrogens is 438 g/mol. The van der Waals surface area contributed by atoms with Gasteiger partial charge in [-0.1, -0.05) is 39.8 Å². The SMILES string of the molecule is CC[Si](CC)(CC)OC(C)[C@H]1C(=O)N2C(C(=O)OCc3ccc(OC)cc3)=C(CO)[C@H](C)[C@H]12. The average molecular weight is 476 g/mol. The third kappa shape index (κ3) is 4.61. The molecule has 0 aromatic heterocycles. The number of carbonyl (C=O) groups excluding carboxylic acids is 2. The minimum absolute atomic E-state index is 0.0761. The molecule has 0 saturated carbocycles. The summed E-state index contributed by atoms with van der Waals surface area (Å²) in [4.78, 5) is 27.8. The Labute approximate surface area is 197 Å². The Morgan fingerprint density at radius 1 is 1.15 bits per heavy atom. The lowest BCUT2D eigenvalue weighted by Crippen LogP contribution is -2.65. The number of amides is 1. The van der Waals surface area contributed by atoms with Crippen molar-refractivity contribution < 1.29 is 28.6 Å². The summed E-state index contributed by atoms with van der Waals surface area (Å²) in [5, 5.41) is 10.0. The van der Waals surface area contributed by atoms with Crippen LogP contribution >= 0.6 is 0 Å². The van der Waals surface area contributed by atoms with Crippen molar-refractivity contribution >= 4 is 20.2 Å². The summed E-state index contributed by atoms with van der Waals surface area (Å²) in [7, 11) is -0.286. The molecule has 2 aliphatic rings. The molecule has 182 valence electrons. The molecule has 0 spiro atoms. The van der Waals surface area contributed by atoms with E-state index in [9.17, 15) is 14.7 Å². The van der Waals surface area contributed by atoms with Crippen LogP contribution in [0, 0.1) is 11.8 Å². The van der Waals surface area contributed by atoms with Crippen LogP contribution in [0.2, 0.25) is 18.1 Å². The van der Waals surface area contributed by atoms with Crippen molar-refractivity contribution in [1.82, 2.24) is 4.90 Å². The fraction of sp³-hybridized carbons (Fsp3) is 0.600. The number of benzene rings is 1. The maximum absolute atomic E-state index is 13.2. The van der Waals surface area contributed by atoms with Crippen molar-refractivity contribution in [2.45, 2.75) is 71.5 Å². The third-order valence-electron chi connectivity index (χ3n) is 7.56. The minimum atomic E-state index is -1.88. The summed E-state index contributed by atoms with van der Waals surface area (Å²) in [5.41, 5.74) is 1.57. The number of carbonyl (C=O) groups is 2. The second-order valence-electron chi connectivity index (χ2n) is 9.04. The molecule has 1 amide bonds. The van der Waals surface area contributed by atoms with Crippen LogP contribution in [-0.2, 0) is 25.4 Å². The summed E-state index contributed by atoms with van der Waals surface area (Å²) >= 11 is 0. The Kier molecular flexibility index (Phi) is 8.03. The molecule has 33 heavy (non-hydrogen) atoms. The van der Waals surface area contributed by atoms with E-state index < -0.39 is 14.3 Å². The van der Waals surface area contributed by atoms with Gasteiger partial charge >= 0.3 is 5.97 Å². The van der Waals surface area contributed by atoms with E-state index in [1.807, 2.05) is 26.0 Å². The molecule has 2 heterocycles. The van der Waals surface area contributed by atoms with Crippen LogP contribution < -0.4 is 4.74 Å². The maximum atomic E-state index is 13.2. The van der Waals surface area contributed by atoms with Crippen LogP contribution in [0.5, 0.6) is 5.75 Å². The van der Waals surface area contributed by atoms with E-state index in [-0.39, 0.29) is 48.8 Å². The highest BCUT2D eigenvalue weighted by molar-refractivity contribution is 6.73. The van der Waals surface area contributed by atoms with Gasteiger partial charge in [-0.05, 0) is 48.3 Å². The van der Waals surface area contributed by atoms with E-state index in [1.165, 1.54) is 4.90 Å². The van der Waals surface area contributed by atoms with Gasteiger partial charge in [-0.2, -0.15) is 0 Å². The average Bonchev–Trinajstić information content (AvgIpc) is 3.09. The first kappa shape index (κ1) is 25.5. The van der Waals surface area contributed by atoms with Gasteiger partial charge in [0.05, 0.1) is 31.8 Å². The van der Waals surface area contributed by atoms with Crippen molar-refractivity contribution in [3.63, 3.8) is 0 Å². The number of methoxy groups -OCH3 is 1. The molecule has 2 aliphatic heterocycles. The van der Waals surface area contributed by atoms with Gasteiger partial charge in [0, 0.05) is 5.92 Å². The Bertz CT molecular complexity index is 886. The molecule has 1 aromatic carbocycles. The molecule has 0 bridgehead atoms. The van der Waals surface area contributed by atoms with Gasteiger partial charge in [0.2, 0.25) is 5.91 Å². The fourth-order valence-electron chi connectivity index (χ4n) is 5.24. The zero-order chi connectivity index (χ0) is 24.3. The second kappa shape index (κ2) is 10.4. The topological polar surface area (TPSA) is 85.3 Å². The van der Waals surface area contributed by atoms with Gasteiger partial charge in [0.15, 0.2) is 8.32 Å². The van der Waals surface area contributed by atoms with Crippen molar-refractivity contribution in [2.24, 2.45) is 11.8 Å². The van der Waals surface area contributed by atoms with Crippen molar-refractivity contribution in [3.05, 3.63) is 41.1 Å². The van der Waals surface area contributed by atoms with Crippen molar-refractivity contribution in [2.75, 3.05) is 13.7 Å². The zero-order valence-corrected chi connectivity index (χ0v) is 21.6. The van der Waals surface area contributed by atoms with Crippen LogP contribution in [0.4, 0.5) is 0 Å². The van der Waals surface area contributed by atoms with Crippen LogP contribution in [0.3, 0.4) is 0 Å². The summed E-state index contributed by atoms with van der Waals surface area (Å²) < 4.78 is 17.3. The van der Waals surface area contributed by atoms with E-state index in [0.717, 1.165) is 29.4 Å². The van der Waals surface area contributed by atoms with E-state index in [1.54, 1.807) is 19.2 Å². The molecule has 7 nitrogen and oxygen atoms in total. The predicted octanol–water partition coefficient (Wildman–Crippen LogP) is 3.87. The lowest BCUT2D eigenvalue weighted by atomic mass is 9.78. The number of hydrogen-bond acceptors (Lipinski definition) is 6. The summed E-state index contributed by atoms with van der Waals surface area (Å²) in [6, 6.07) is 10.1. The van der Waals surface area contributed by atoms with Crippen LogP contribution in [-0.4, -0.2) is 56.1 Å². The van der Waals surface area contributed by atoms with E-state index >= 15 is 0 Å². The largest absolute Gasteiger partial charge is 0.497 e. The van der Waals surface area contributed by atoms with E-state index in [0.29, 0.717) is 5.57 Å². The molecule has 1 N–H and O–H groups in total. The van der Waals surface area contributed by atoms with Gasteiger partial charge in [-0.3, -0.25) is 4.79 Å². The molecule has 1 aromatic rings. The highest BCUT2D eigenvalue weighted by Crippen LogP contribution is 2.48. The molecule has 8 heteroatoms. The quantitative estimate of drug-likeness (QED) is 0.297. The number of nitrogens with zero attached hydrogens (tertiary/aromatic N) is 1. The van der Waals surface area contributed by atoms with Crippen LogP contribution in [0.15, 0.2) is 35.5 Å². The van der Waals surface area contributed by atoms with Gasteiger partial charge < -0.3 is 23.9 Å². The summed E-state index contributed by atoms with van der Waals surface area (Å²) in [5.74, 6) is -0.426. The number of aliphatic hydroxyl groups is 1. The lowest BCUT2D eigenvalue weighted by molar-refractivity contribution is -0.163. The van der Waals surface area contributed by atoms with Crippen LogP contribution in [0.1, 0.15) is 40.2 Å². The van der Waals surface area contributed by atoms with Gasteiger partial charge in [0.1, 0.15) is 18.1 Å². The Morgan fingerprint density at radius 3 is 2.27 bits per heavy atom. The molecule has 1 unspecified atom stereocenters. The number of rotatable bonds is 11. The third-order valence-corrected chi connectivity index (χ3v) is 12.3. The number of ether oxygens (including phenoxy) is 2. The number of hydrogen-bond donors (Lipinski definition) is 1. The molecule has 4 atom stereocenters. The monoisotopic (exact) mass is 475 g/mol. The van der Waals surface area contributed by atoms with E-state index in [4.69, 9.17) is 13.9 Å². The lowest BCUT2D eigenvalue weighted by Gasteiger charge is -2.49. The van der Waals surface area contributed by atoms with Gasteiger partial charge in [-0.25, -0.2) is 4.79 Å². The predicted molar refractivity (Wildman–Crippen MR) is 128 cm³/mol. The smallest absolute Gasteiger partial charge is 0.355 e. The Morgan fingerprint density at radius 2 is 1.76 bits per heavy atom. The normalized spacial score (nSPS) is 23.3. The number of esters is 1. The first-order valence-corrected chi connectivity index (χ1v) is 14.4. The molecule has 3 rings (SSSR count). The molecule has 1 saturated heterocycles.